The van der Waals surface area contributed by atoms with Crippen LogP contribution in [0, 0.1) is 0 Å². The zero-order chi connectivity index (χ0) is 21.6. The Kier molecular flexibility index (Phi) is 4.99. The first kappa shape index (κ1) is 20.9. The van der Waals surface area contributed by atoms with Gasteiger partial charge >= 0.3 is 6.03 Å². The van der Waals surface area contributed by atoms with Crippen molar-refractivity contribution in [3.8, 4) is 0 Å². The summed E-state index contributed by atoms with van der Waals surface area (Å²) < 4.78 is 63.5. The van der Waals surface area contributed by atoms with Crippen molar-refractivity contribution in [2.45, 2.75) is 22.3 Å². The standard InChI is InChI=1S/C17H16N2O8S2/c1-2-19-15(20)17(18-16(19)21,11-3-7-13(8-4-11)28(22,23)24)12-5-9-14(10-6-12)29(25,26)27/h3-10H,2H2,1H3,(H,18,21)(H,22,23,24)(H,25,26,27). The summed E-state index contributed by atoms with van der Waals surface area (Å²) in [5.74, 6) is -0.649. The molecular formula is C17H16N2O8S2. The van der Waals surface area contributed by atoms with E-state index in [4.69, 9.17) is 9.11 Å². The molecule has 3 amide bonds. The third-order valence-corrected chi connectivity index (χ3v) is 6.33. The topological polar surface area (TPSA) is 158 Å². The van der Waals surface area contributed by atoms with Gasteiger partial charge in [0.05, 0.1) is 9.79 Å². The maximum absolute atomic E-state index is 13.1. The molecule has 12 heteroatoms. The minimum Gasteiger partial charge on any atom is -0.315 e. The number of hydrogen-bond donors (Lipinski definition) is 3. The smallest absolute Gasteiger partial charge is 0.315 e. The summed E-state index contributed by atoms with van der Waals surface area (Å²) >= 11 is 0. The SMILES string of the molecule is CCN1C(=O)NC(c2ccc(S(=O)(=O)O)cc2)(c2ccc(S(=O)(=O)O)cc2)C1=O. The van der Waals surface area contributed by atoms with Gasteiger partial charge in [-0.3, -0.25) is 18.8 Å². The highest BCUT2D eigenvalue weighted by atomic mass is 32.2. The number of urea groups is 1. The van der Waals surface area contributed by atoms with Crippen LogP contribution in [0.25, 0.3) is 0 Å². The molecule has 154 valence electrons. The fraction of sp³-hybridized carbons (Fsp3) is 0.176. The normalized spacial score (nSPS) is 16.7. The van der Waals surface area contributed by atoms with Crippen LogP contribution < -0.4 is 5.32 Å². The number of imide groups is 1. The highest BCUT2D eigenvalue weighted by molar-refractivity contribution is 7.86. The molecule has 1 heterocycles. The number of amides is 3. The van der Waals surface area contributed by atoms with Gasteiger partial charge < -0.3 is 5.32 Å². The second kappa shape index (κ2) is 6.91. The van der Waals surface area contributed by atoms with Crippen molar-refractivity contribution < 1.29 is 35.5 Å². The summed E-state index contributed by atoms with van der Waals surface area (Å²) in [4.78, 5) is 25.6. The van der Waals surface area contributed by atoms with Crippen LogP contribution in [0.5, 0.6) is 0 Å². The van der Waals surface area contributed by atoms with Gasteiger partial charge in [-0.05, 0) is 42.3 Å². The first-order chi connectivity index (χ1) is 13.4. The van der Waals surface area contributed by atoms with Crippen LogP contribution in [-0.4, -0.2) is 49.3 Å². The van der Waals surface area contributed by atoms with E-state index in [-0.39, 0.29) is 17.7 Å². The predicted molar refractivity (Wildman–Crippen MR) is 99.2 cm³/mol. The van der Waals surface area contributed by atoms with E-state index in [1.807, 2.05) is 0 Å². The molecule has 10 nitrogen and oxygen atoms in total. The molecule has 3 N–H and O–H groups in total. The molecule has 1 saturated heterocycles. The van der Waals surface area contributed by atoms with Gasteiger partial charge in [-0.1, -0.05) is 24.3 Å². The lowest BCUT2D eigenvalue weighted by atomic mass is 9.82. The van der Waals surface area contributed by atoms with Gasteiger partial charge in [-0.25, -0.2) is 4.79 Å². The second-order valence-corrected chi connectivity index (χ2v) is 9.07. The molecule has 2 aromatic rings. The molecule has 0 bridgehead atoms. The van der Waals surface area contributed by atoms with Crippen molar-refractivity contribution in [2.75, 3.05) is 6.54 Å². The van der Waals surface area contributed by atoms with E-state index in [1.54, 1.807) is 6.92 Å². The van der Waals surface area contributed by atoms with E-state index < -0.39 is 47.5 Å². The molecule has 1 aliphatic heterocycles. The minimum absolute atomic E-state index is 0.0681. The van der Waals surface area contributed by atoms with E-state index in [1.165, 1.54) is 24.3 Å². The Morgan fingerprint density at radius 3 is 1.48 bits per heavy atom. The Hall–Kier alpha value is -2.80. The average Bonchev–Trinajstić information content (AvgIpc) is 2.91. The summed E-state index contributed by atoms with van der Waals surface area (Å²) in [6.45, 7) is 1.66. The van der Waals surface area contributed by atoms with Gasteiger partial charge in [0.1, 0.15) is 0 Å². The molecule has 0 radical (unpaired) electrons. The van der Waals surface area contributed by atoms with Gasteiger partial charge in [-0.2, -0.15) is 16.8 Å². The Bertz CT molecular complexity index is 1110. The van der Waals surface area contributed by atoms with Gasteiger partial charge in [-0.15, -0.1) is 0 Å². The van der Waals surface area contributed by atoms with E-state index in [0.717, 1.165) is 29.2 Å². The number of carbonyl (C=O) groups is 2. The molecule has 0 spiro atoms. The monoisotopic (exact) mass is 440 g/mol. The maximum atomic E-state index is 13.1. The Morgan fingerprint density at radius 2 is 1.21 bits per heavy atom. The molecule has 0 aliphatic carbocycles. The fourth-order valence-corrected chi connectivity index (χ4v) is 4.14. The number of likely N-dealkylation sites (N-methyl/N-ethyl adjacent to an activating group) is 1. The van der Waals surface area contributed by atoms with E-state index in [0.29, 0.717) is 0 Å². The summed E-state index contributed by atoms with van der Waals surface area (Å²) in [6.07, 6.45) is 0. The zero-order valence-electron chi connectivity index (χ0n) is 14.9. The predicted octanol–water partition coefficient (Wildman–Crippen LogP) is 0.995. The second-order valence-electron chi connectivity index (χ2n) is 6.23. The molecule has 1 aliphatic rings. The summed E-state index contributed by atoms with van der Waals surface area (Å²) in [7, 11) is -8.93. The van der Waals surface area contributed by atoms with Crippen LogP contribution >= 0.6 is 0 Å². The first-order valence-electron chi connectivity index (χ1n) is 8.21. The van der Waals surface area contributed by atoms with Crippen molar-refractivity contribution in [2.24, 2.45) is 0 Å². The van der Waals surface area contributed by atoms with Crippen LogP contribution in [0.2, 0.25) is 0 Å². The number of benzene rings is 2. The Balaban J connectivity index is 2.22. The molecule has 0 saturated carbocycles. The zero-order valence-corrected chi connectivity index (χ0v) is 16.6. The lowest BCUT2D eigenvalue weighted by Gasteiger charge is -2.28. The van der Waals surface area contributed by atoms with Crippen molar-refractivity contribution in [1.82, 2.24) is 10.2 Å². The van der Waals surface area contributed by atoms with Crippen LogP contribution in [0.4, 0.5) is 4.79 Å². The minimum atomic E-state index is -4.47. The molecule has 0 aromatic heterocycles. The van der Waals surface area contributed by atoms with Crippen LogP contribution in [0.15, 0.2) is 58.3 Å². The Labute approximate surface area is 166 Å². The summed E-state index contributed by atoms with van der Waals surface area (Å²) in [6, 6.07) is 8.66. The highest BCUT2D eigenvalue weighted by Gasteiger charge is 2.53. The molecular weight excluding hydrogens is 424 g/mol. The maximum Gasteiger partial charge on any atom is 0.325 e. The largest absolute Gasteiger partial charge is 0.325 e. The van der Waals surface area contributed by atoms with Crippen LogP contribution in [0.3, 0.4) is 0 Å². The van der Waals surface area contributed by atoms with Crippen molar-refractivity contribution in [3.63, 3.8) is 0 Å². The third-order valence-electron chi connectivity index (χ3n) is 4.59. The highest BCUT2D eigenvalue weighted by Crippen LogP contribution is 2.36. The number of rotatable bonds is 5. The van der Waals surface area contributed by atoms with Crippen molar-refractivity contribution in [1.29, 1.82) is 0 Å². The summed E-state index contributed by atoms with van der Waals surface area (Å²) in [5, 5.41) is 2.58. The number of carbonyl (C=O) groups excluding carboxylic acids is 2. The lowest BCUT2D eigenvalue weighted by Crippen LogP contribution is -2.45. The summed E-state index contributed by atoms with van der Waals surface area (Å²) in [5.41, 5.74) is -1.36. The molecule has 29 heavy (non-hydrogen) atoms. The first-order valence-corrected chi connectivity index (χ1v) is 11.1. The fourth-order valence-electron chi connectivity index (χ4n) is 3.17. The number of nitrogens with one attached hydrogen (secondary N) is 1. The molecule has 2 aromatic carbocycles. The van der Waals surface area contributed by atoms with Gasteiger partial charge in [0.25, 0.3) is 26.1 Å². The van der Waals surface area contributed by atoms with E-state index >= 15 is 0 Å². The molecule has 0 atom stereocenters. The van der Waals surface area contributed by atoms with Crippen molar-refractivity contribution in [3.05, 3.63) is 59.7 Å². The van der Waals surface area contributed by atoms with Crippen LogP contribution in [-0.2, 0) is 30.6 Å². The quantitative estimate of drug-likeness (QED) is 0.459. The Morgan fingerprint density at radius 1 is 0.828 bits per heavy atom. The van der Waals surface area contributed by atoms with Crippen LogP contribution in [0.1, 0.15) is 18.1 Å². The van der Waals surface area contributed by atoms with Gasteiger partial charge in [0, 0.05) is 6.54 Å². The van der Waals surface area contributed by atoms with E-state index in [2.05, 4.69) is 5.32 Å². The number of nitrogens with zero attached hydrogens (tertiary/aromatic N) is 1. The third kappa shape index (κ3) is 3.51. The van der Waals surface area contributed by atoms with Gasteiger partial charge in [0.15, 0.2) is 5.54 Å². The van der Waals surface area contributed by atoms with E-state index in [9.17, 15) is 26.4 Å². The lowest BCUT2D eigenvalue weighted by molar-refractivity contribution is -0.130. The molecule has 3 rings (SSSR count). The average molecular weight is 440 g/mol. The van der Waals surface area contributed by atoms with Gasteiger partial charge in [0.2, 0.25) is 0 Å². The number of hydrogen-bond acceptors (Lipinski definition) is 6. The van der Waals surface area contributed by atoms with Crippen molar-refractivity contribution >= 4 is 32.2 Å². The molecule has 1 fully saturated rings. The molecule has 0 unspecified atom stereocenters.